The van der Waals surface area contributed by atoms with E-state index in [1.54, 1.807) is 0 Å². The van der Waals surface area contributed by atoms with Crippen molar-refractivity contribution in [1.82, 2.24) is 0 Å². The van der Waals surface area contributed by atoms with Gasteiger partial charge in [-0.1, -0.05) is 30.0 Å². The predicted octanol–water partition coefficient (Wildman–Crippen LogP) is 3.77. The van der Waals surface area contributed by atoms with Crippen molar-refractivity contribution in [3.63, 3.8) is 0 Å². The van der Waals surface area contributed by atoms with Crippen LogP contribution in [-0.4, -0.2) is 17.9 Å². The lowest BCUT2D eigenvalue weighted by Gasteiger charge is -2.10. The first-order valence-electron chi connectivity index (χ1n) is 5.97. The average molecular weight is 312 g/mol. The van der Waals surface area contributed by atoms with Gasteiger partial charge in [-0.2, -0.15) is 13.2 Å². The molecular formula is C15H11F3O2S. The summed E-state index contributed by atoms with van der Waals surface area (Å²) in [5.41, 5.74) is 0.499. The summed E-state index contributed by atoms with van der Waals surface area (Å²) in [5.74, 6) is 5.59. The highest BCUT2D eigenvalue weighted by Crippen LogP contribution is 2.21. The lowest BCUT2D eigenvalue weighted by Crippen LogP contribution is -2.19. The summed E-state index contributed by atoms with van der Waals surface area (Å²) in [6, 6.07) is 9.40. The van der Waals surface area contributed by atoms with Gasteiger partial charge in [-0.25, -0.2) is 0 Å². The van der Waals surface area contributed by atoms with Crippen LogP contribution >= 0.6 is 11.3 Å². The highest BCUT2D eigenvalue weighted by atomic mass is 32.1. The fourth-order valence-corrected chi connectivity index (χ4v) is 2.06. The van der Waals surface area contributed by atoms with Crippen molar-refractivity contribution in [1.29, 1.82) is 0 Å². The Bertz CT molecular complexity index is 622. The van der Waals surface area contributed by atoms with E-state index in [-0.39, 0.29) is 5.75 Å². The number of aliphatic hydroxyl groups is 1. The smallest absolute Gasteiger partial charge is 0.422 e. The van der Waals surface area contributed by atoms with E-state index in [1.807, 2.05) is 17.5 Å². The second kappa shape index (κ2) is 6.66. The van der Waals surface area contributed by atoms with E-state index >= 15 is 0 Å². The first-order chi connectivity index (χ1) is 9.94. The van der Waals surface area contributed by atoms with E-state index in [0.717, 1.165) is 4.88 Å². The van der Waals surface area contributed by atoms with Gasteiger partial charge in [0.2, 0.25) is 0 Å². The molecule has 1 unspecified atom stereocenters. The largest absolute Gasteiger partial charge is 0.484 e. The van der Waals surface area contributed by atoms with Crippen molar-refractivity contribution in [3.05, 3.63) is 52.2 Å². The molecule has 0 amide bonds. The Morgan fingerprint density at radius 2 is 1.90 bits per heavy atom. The van der Waals surface area contributed by atoms with Gasteiger partial charge >= 0.3 is 6.18 Å². The Morgan fingerprint density at radius 3 is 2.48 bits per heavy atom. The van der Waals surface area contributed by atoms with Crippen LogP contribution in [0.2, 0.25) is 0 Å². The zero-order valence-electron chi connectivity index (χ0n) is 10.7. The summed E-state index contributed by atoms with van der Waals surface area (Å²) in [6.07, 6.45) is -5.37. The molecule has 2 nitrogen and oxygen atoms in total. The Morgan fingerprint density at radius 1 is 1.19 bits per heavy atom. The number of alkyl halides is 3. The maximum atomic E-state index is 12.0. The third kappa shape index (κ3) is 5.14. The maximum Gasteiger partial charge on any atom is 0.422 e. The molecule has 1 heterocycles. The van der Waals surface area contributed by atoms with Crippen molar-refractivity contribution in [3.8, 4) is 17.6 Å². The van der Waals surface area contributed by atoms with Crippen LogP contribution in [0.4, 0.5) is 13.2 Å². The van der Waals surface area contributed by atoms with Crippen LogP contribution in [0.3, 0.4) is 0 Å². The lowest BCUT2D eigenvalue weighted by molar-refractivity contribution is -0.153. The minimum atomic E-state index is -4.37. The molecule has 0 aliphatic carbocycles. The predicted molar refractivity (Wildman–Crippen MR) is 74.1 cm³/mol. The standard InChI is InChI=1S/C15H11F3O2S/c16-15(17,18)10-20-12-5-3-11(4-6-12)14(19)8-7-13-2-1-9-21-13/h1-6,9,14,19H,10H2. The van der Waals surface area contributed by atoms with Crippen molar-refractivity contribution >= 4 is 11.3 Å². The van der Waals surface area contributed by atoms with Crippen molar-refractivity contribution < 1.29 is 23.0 Å². The molecule has 1 aromatic heterocycles. The number of hydrogen-bond acceptors (Lipinski definition) is 3. The summed E-state index contributed by atoms with van der Waals surface area (Å²) in [7, 11) is 0. The first kappa shape index (κ1) is 15.4. The molecule has 0 bridgehead atoms. The molecule has 6 heteroatoms. The van der Waals surface area contributed by atoms with Gasteiger partial charge < -0.3 is 9.84 Å². The molecule has 2 aromatic rings. The van der Waals surface area contributed by atoms with E-state index in [1.165, 1.54) is 35.6 Å². The highest BCUT2D eigenvalue weighted by molar-refractivity contribution is 7.10. The van der Waals surface area contributed by atoms with Crippen LogP contribution in [0.5, 0.6) is 5.75 Å². The molecule has 0 spiro atoms. The number of rotatable bonds is 3. The summed E-state index contributed by atoms with van der Waals surface area (Å²) in [6.45, 7) is -1.34. The lowest BCUT2D eigenvalue weighted by atomic mass is 10.1. The number of ether oxygens (including phenoxy) is 1. The van der Waals surface area contributed by atoms with E-state index in [2.05, 4.69) is 16.6 Å². The molecule has 0 saturated carbocycles. The van der Waals surface area contributed by atoms with Crippen molar-refractivity contribution in [2.45, 2.75) is 12.3 Å². The molecule has 1 aromatic carbocycles. The second-order valence-corrected chi connectivity index (χ2v) is 5.07. The summed E-state index contributed by atoms with van der Waals surface area (Å²) >= 11 is 1.46. The van der Waals surface area contributed by atoms with Gasteiger partial charge in [-0.15, -0.1) is 11.3 Å². The summed E-state index contributed by atoms with van der Waals surface area (Å²) < 4.78 is 40.6. The van der Waals surface area contributed by atoms with Crippen LogP contribution < -0.4 is 4.74 Å². The van der Waals surface area contributed by atoms with Crippen LogP contribution in [0.1, 0.15) is 16.5 Å². The van der Waals surface area contributed by atoms with Crippen LogP contribution in [0.15, 0.2) is 41.8 Å². The van der Waals surface area contributed by atoms with Crippen molar-refractivity contribution in [2.24, 2.45) is 0 Å². The minimum Gasteiger partial charge on any atom is -0.484 e. The molecular weight excluding hydrogens is 301 g/mol. The van der Waals surface area contributed by atoms with Gasteiger partial charge in [0.05, 0.1) is 4.88 Å². The molecule has 0 radical (unpaired) electrons. The third-order valence-corrected chi connectivity index (χ3v) is 3.24. The SMILES string of the molecule is OC(C#Cc1cccs1)c1ccc(OCC(F)(F)F)cc1. The normalized spacial score (nSPS) is 12.4. The average Bonchev–Trinajstić information content (AvgIpc) is 2.95. The topological polar surface area (TPSA) is 29.5 Å². The van der Waals surface area contributed by atoms with E-state index in [0.29, 0.717) is 5.56 Å². The molecule has 1 N–H and O–H groups in total. The number of aliphatic hydroxyl groups excluding tert-OH is 1. The Labute approximate surface area is 123 Å². The van der Waals surface area contributed by atoms with Gasteiger partial charge in [0, 0.05) is 0 Å². The third-order valence-electron chi connectivity index (χ3n) is 2.45. The second-order valence-electron chi connectivity index (χ2n) is 4.12. The fourth-order valence-electron chi connectivity index (χ4n) is 1.48. The number of thiophene rings is 1. The molecule has 0 aliphatic heterocycles. The number of benzene rings is 1. The molecule has 21 heavy (non-hydrogen) atoms. The van der Waals surface area contributed by atoms with Crippen LogP contribution in [0.25, 0.3) is 0 Å². The van der Waals surface area contributed by atoms with Gasteiger partial charge in [0.15, 0.2) is 6.61 Å². The van der Waals surface area contributed by atoms with Gasteiger partial charge in [0.1, 0.15) is 11.9 Å². The van der Waals surface area contributed by atoms with Gasteiger partial charge in [0.25, 0.3) is 0 Å². The zero-order chi connectivity index (χ0) is 15.3. The molecule has 2 rings (SSSR count). The van der Waals surface area contributed by atoms with Crippen molar-refractivity contribution in [2.75, 3.05) is 6.61 Å². The Hall–Kier alpha value is -1.97. The molecule has 0 fully saturated rings. The number of hydrogen-bond donors (Lipinski definition) is 1. The quantitative estimate of drug-likeness (QED) is 0.874. The first-order valence-corrected chi connectivity index (χ1v) is 6.85. The minimum absolute atomic E-state index is 0.0921. The van der Waals surface area contributed by atoms with Crippen LogP contribution in [-0.2, 0) is 0 Å². The van der Waals surface area contributed by atoms with Crippen LogP contribution in [0, 0.1) is 11.8 Å². The molecule has 110 valence electrons. The summed E-state index contributed by atoms with van der Waals surface area (Å²) in [4.78, 5) is 0.833. The van der Waals surface area contributed by atoms with Gasteiger partial charge in [-0.05, 0) is 29.1 Å². The maximum absolute atomic E-state index is 12.0. The highest BCUT2D eigenvalue weighted by Gasteiger charge is 2.28. The monoisotopic (exact) mass is 312 g/mol. The Kier molecular flexibility index (Phi) is 4.89. The molecule has 0 saturated heterocycles. The summed E-state index contributed by atoms with van der Waals surface area (Å²) in [5, 5.41) is 11.8. The fraction of sp³-hybridized carbons (Fsp3) is 0.200. The molecule has 1 atom stereocenters. The van der Waals surface area contributed by atoms with E-state index in [9.17, 15) is 18.3 Å². The number of halogens is 3. The van der Waals surface area contributed by atoms with Gasteiger partial charge in [-0.3, -0.25) is 0 Å². The van der Waals surface area contributed by atoms with E-state index in [4.69, 9.17) is 0 Å². The zero-order valence-corrected chi connectivity index (χ0v) is 11.5. The Balaban J connectivity index is 1.98. The van der Waals surface area contributed by atoms with E-state index < -0.39 is 18.9 Å². The molecule has 0 aliphatic rings.